The average molecular weight is 621 g/mol. The van der Waals surface area contributed by atoms with E-state index in [0.717, 1.165) is 17.3 Å². The topological polar surface area (TPSA) is 119 Å². The number of carboxylic acid groups (broad SMARTS) is 1. The van der Waals surface area contributed by atoms with Gasteiger partial charge in [0.05, 0.1) is 32.2 Å². The normalized spacial score (nSPS) is 11.3. The molecule has 0 radical (unpaired) electrons. The first-order valence-corrected chi connectivity index (χ1v) is 14.0. The molecule has 0 unspecified atom stereocenters. The standard InChI is InChI=1S/C27H24Cl3N5O4S/c1-27(2,3)16-5-9-23(21(30)11-16)35-26(32-33-34-35)40-14-24(36)31-22-8-4-15(10-20(22)29)18-7-6-17(12-19(18)28)39-13-25(37)38/h4-12H,13-14H2,1-3H3,(H,31,36)(H,37,38). The van der Waals surface area contributed by atoms with Gasteiger partial charge in [-0.2, -0.15) is 4.68 Å². The molecule has 0 aliphatic heterocycles. The first-order valence-electron chi connectivity index (χ1n) is 11.9. The number of benzene rings is 3. The van der Waals surface area contributed by atoms with Crippen molar-refractivity contribution in [2.24, 2.45) is 0 Å². The van der Waals surface area contributed by atoms with Crippen molar-refractivity contribution in [3.8, 4) is 22.6 Å². The van der Waals surface area contributed by atoms with Crippen molar-refractivity contribution in [1.82, 2.24) is 20.2 Å². The number of thioether (sulfide) groups is 1. The van der Waals surface area contributed by atoms with E-state index in [1.54, 1.807) is 30.3 Å². The van der Waals surface area contributed by atoms with E-state index in [-0.39, 0.29) is 17.1 Å². The highest BCUT2D eigenvalue weighted by Crippen LogP contribution is 2.35. The number of carboxylic acids is 1. The van der Waals surface area contributed by atoms with Gasteiger partial charge in [0.2, 0.25) is 11.1 Å². The molecule has 0 bridgehead atoms. The lowest BCUT2D eigenvalue weighted by molar-refractivity contribution is -0.139. The summed E-state index contributed by atoms with van der Waals surface area (Å²) in [5.74, 6) is -1.03. The summed E-state index contributed by atoms with van der Waals surface area (Å²) in [6.45, 7) is 5.83. The minimum atomic E-state index is -1.09. The average Bonchev–Trinajstić information content (AvgIpc) is 3.35. The number of carbonyl (C=O) groups is 2. The van der Waals surface area contributed by atoms with Crippen LogP contribution in [0.15, 0.2) is 59.8 Å². The molecular formula is C27H24Cl3N5O4S. The SMILES string of the molecule is CC(C)(C)c1ccc(-n2nnnc2SCC(=O)Nc2ccc(-c3ccc(OCC(=O)O)cc3Cl)cc2Cl)c(Cl)c1. The van der Waals surface area contributed by atoms with Gasteiger partial charge >= 0.3 is 5.97 Å². The van der Waals surface area contributed by atoms with Gasteiger partial charge in [-0.25, -0.2) is 4.79 Å². The minimum Gasteiger partial charge on any atom is -0.482 e. The van der Waals surface area contributed by atoms with Crippen LogP contribution in [-0.4, -0.2) is 49.6 Å². The molecule has 0 saturated carbocycles. The van der Waals surface area contributed by atoms with E-state index in [1.165, 1.54) is 10.7 Å². The molecule has 1 aromatic heterocycles. The van der Waals surface area contributed by atoms with Gasteiger partial charge in [-0.15, -0.1) is 5.10 Å². The second-order valence-corrected chi connectivity index (χ2v) is 11.8. The third-order valence-electron chi connectivity index (χ3n) is 5.67. The summed E-state index contributed by atoms with van der Waals surface area (Å²) in [6, 6.07) is 15.7. The van der Waals surface area contributed by atoms with Crippen molar-refractivity contribution < 1.29 is 19.4 Å². The number of anilines is 1. The number of hydrogen-bond acceptors (Lipinski definition) is 7. The Labute approximate surface area is 249 Å². The highest BCUT2D eigenvalue weighted by atomic mass is 35.5. The molecule has 4 aromatic rings. The number of hydrogen-bond donors (Lipinski definition) is 2. The molecule has 0 spiro atoms. The molecule has 0 atom stereocenters. The molecule has 9 nitrogen and oxygen atoms in total. The Balaban J connectivity index is 1.41. The summed E-state index contributed by atoms with van der Waals surface area (Å²) < 4.78 is 6.65. The Morgan fingerprint density at radius 1 is 1.00 bits per heavy atom. The molecular weight excluding hydrogens is 597 g/mol. The van der Waals surface area contributed by atoms with E-state index in [9.17, 15) is 9.59 Å². The van der Waals surface area contributed by atoms with Gasteiger partial charge in [0, 0.05) is 5.56 Å². The molecule has 0 fully saturated rings. The fourth-order valence-electron chi connectivity index (χ4n) is 3.63. The molecule has 4 rings (SSSR count). The van der Waals surface area contributed by atoms with E-state index in [4.69, 9.17) is 44.6 Å². The molecule has 3 aromatic carbocycles. The third kappa shape index (κ3) is 7.25. The van der Waals surface area contributed by atoms with Crippen LogP contribution in [0.2, 0.25) is 15.1 Å². The number of nitrogens with zero attached hydrogens (tertiary/aromatic N) is 4. The minimum absolute atomic E-state index is 0.0276. The van der Waals surface area contributed by atoms with E-state index in [2.05, 4.69) is 41.6 Å². The van der Waals surface area contributed by atoms with Crippen molar-refractivity contribution in [1.29, 1.82) is 0 Å². The van der Waals surface area contributed by atoms with Gasteiger partial charge in [-0.1, -0.05) is 79.5 Å². The largest absolute Gasteiger partial charge is 0.482 e. The van der Waals surface area contributed by atoms with Crippen LogP contribution >= 0.6 is 46.6 Å². The zero-order valence-electron chi connectivity index (χ0n) is 21.6. The van der Waals surface area contributed by atoms with Crippen molar-refractivity contribution in [3.63, 3.8) is 0 Å². The van der Waals surface area contributed by atoms with Gasteiger partial charge in [0.15, 0.2) is 6.61 Å². The number of aliphatic carboxylic acids is 1. The third-order valence-corrected chi connectivity index (χ3v) is 7.52. The number of aromatic nitrogens is 4. The van der Waals surface area contributed by atoms with Crippen molar-refractivity contribution in [2.45, 2.75) is 31.3 Å². The van der Waals surface area contributed by atoms with Crippen molar-refractivity contribution in [3.05, 3.63) is 75.2 Å². The summed E-state index contributed by atoms with van der Waals surface area (Å²) >= 11 is 20.5. The molecule has 208 valence electrons. The van der Waals surface area contributed by atoms with Crippen LogP contribution in [0.3, 0.4) is 0 Å². The molecule has 0 aliphatic rings. The van der Waals surface area contributed by atoms with Crippen LogP contribution in [-0.2, 0) is 15.0 Å². The molecule has 1 heterocycles. The van der Waals surface area contributed by atoms with E-state index in [1.807, 2.05) is 18.2 Å². The summed E-state index contributed by atoms with van der Waals surface area (Å²) in [5.41, 5.74) is 3.43. The van der Waals surface area contributed by atoms with Crippen LogP contribution in [0.25, 0.3) is 16.8 Å². The zero-order chi connectivity index (χ0) is 29.0. The van der Waals surface area contributed by atoms with Crippen molar-refractivity contribution in [2.75, 3.05) is 17.7 Å². The number of halogens is 3. The lowest BCUT2D eigenvalue weighted by atomic mass is 9.87. The fourth-order valence-corrected chi connectivity index (χ4v) is 5.08. The number of ether oxygens (including phenoxy) is 1. The lowest BCUT2D eigenvalue weighted by Gasteiger charge is -2.20. The number of amides is 1. The maximum atomic E-state index is 12.7. The first kappa shape index (κ1) is 29.7. The first-order chi connectivity index (χ1) is 18.9. The predicted molar refractivity (Wildman–Crippen MR) is 157 cm³/mol. The van der Waals surface area contributed by atoms with Crippen LogP contribution in [0, 0.1) is 0 Å². The number of tetrazole rings is 1. The van der Waals surface area contributed by atoms with Gasteiger partial charge in [0.25, 0.3) is 0 Å². The fraction of sp³-hybridized carbons (Fsp3) is 0.222. The molecule has 0 aliphatic carbocycles. The van der Waals surface area contributed by atoms with E-state index in [0.29, 0.717) is 48.5 Å². The molecule has 40 heavy (non-hydrogen) atoms. The Hall–Kier alpha value is -3.31. The van der Waals surface area contributed by atoms with Gasteiger partial charge < -0.3 is 15.2 Å². The molecule has 13 heteroatoms. The van der Waals surface area contributed by atoms with E-state index < -0.39 is 12.6 Å². The highest BCUT2D eigenvalue weighted by molar-refractivity contribution is 7.99. The van der Waals surface area contributed by atoms with E-state index >= 15 is 0 Å². The van der Waals surface area contributed by atoms with Crippen molar-refractivity contribution >= 4 is 64.1 Å². The number of nitrogens with one attached hydrogen (secondary N) is 1. The lowest BCUT2D eigenvalue weighted by Crippen LogP contribution is -2.15. The molecule has 1 amide bonds. The Morgan fingerprint density at radius 2 is 1.77 bits per heavy atom. The van der Waals surface area contributed by atoms with Gasteiger partial charge in [-0.3, -0.25) is 4.79 Å². The maximum absolute atomic E-state index is 12.7. The van der Waals surface area contributed by atoms with Gasteiger partial charge in [0.1, 0.15) is 5.75 Å². The quantitative estimate of drug-likeness (QED) is 0.197. The van der Waals surface area contributed by atoms with Crippen LogP contribution < -0.4 is 10.1 Å². The van der Waals surface area contributed by atoms with Crippen LogP contribution in [0.5, 0.6) is 5.75 Å². The molecule has 0 saturated heterocycles. The summed E-state index contributed by atoms with van der Waals surface area (Å²) in [5, 5.41) is 24.9. The highest BCUT2D eigenvalue weighted by Gasteiger charge is 2.19. The number of carbonyl (C=O) groups excluding carboxylic acids is 1. The summed E-state index contributed by atoms with van der Waals surface area (Å²) in [6.07, 6.45) is 0. The van der Waals surface area contributed by atoms with Crippen LogP contribution in [0.1, 0.15) is 26.3 Å². The smallest absolute Gasteiger partial charge is 0.341 e. The Kier molecular flexibility index (Phi) is 9.25. The summed E-state index contributed by atoms with van der Waals surface area (Å²) in [4.78, 5) is 23.4. The number of rotatable bonds is 9. The predicted octanol–water partition coefficient (Wildman–Crippen LogP) is 6.78. The zero-order valence-corrected chi connectivity index (χ0v) is 24.7. The Morgan fingerprint density at radius 3 is 2.42 bits per heavy atom. The maximum Gasteiger partial charge on any atom is 0.341 e. The monoisotopic (exact) mass is 619 g/mol. The molecule has 2 N–H and O–H groups in total. The summed E-state index contributed by atoms with van der Waals surface area (Å²) in [7, 11) is 0. The van der Waals surface area contributed by atoms with Gasteiger partial charge in [-0.05, 0) is 69.4 Å². The Bertz CT molecular complexity index is 1570. The second kappa shape index (κ2) is 12.5. The van der Waals surface area contributed by atoms with Crippen LogP contribution in [0.4, 0.5) is 5.69 Å². The second-order valence-electron chi connectivity index (χ2n) is 9.64.